The van der Waals surface area contributed by atoms with Crippen molar-refractivity contribution >= 4 is 29.9 Å². The lowest BCUT2D eigenvalue weighted by atomic mass is 10.1. The van der Waals surface area contributed by atoms with Gasteiger partial charge in [-0.3, -0.25) is 4.99 Å². The van der Waals surface area contributed by atoms with E-state index in [9.17, 15) is 0 Å². The largest absolute Gasteiger partial charge is 0.490 e. The van der Waals surface area contributed by atoms with E-state index >= 15 is 0 Å². The van der Waals surface area contributed by atoms with Crippen molar-refractivity contribution < 1.29 is 9.47 Å². The quantitative estimate of drug-likeness (QED) is 0.221. The van der Waals surface area contributed by atoms with Crippen molar-refractivity contribution in [2.75, 3.05) is 27.3 Å². The van der Waals surface area contributed by atoms with Crippen LogP contribution in [-0.2, 0) is 11.3 Å². The summed E-state index contributed by atoms with van der Waals surface area (Å²) < 4.78 is 11.4. The molecule has 154 valence electrons. The van der Waals surface area contributed by atoms with Gasteiger partial charge in [0.1, 0.15) is 5.75 Å². The topological polar surface area (TPSA) is 54.9 Å². The average Bonchev–Trinajstić information content (AvgIpc) is 3.15. The third kappa shape index (κ3) is 9.14. The summed E-state index contributed by atoms with van der Waals surface area (Å²) in [6, 6.07) is 6.45. The molecule has 0 atom stereocenters. The number of aliphatic imine (C=N–C) groups is 1. The lowest BCUT2D eigenvalue weighted by molar-refractivity contribution is 0.192. The molecule has 1 saturated carbocycles. The Kier molecular flexibility index (Phi) is 12.5. The molecule has 1 aromatic carbocycles. The highest BCUT2D eigenvalue weighted by atomic mass is 127. The van der Waals surface area contributed by atoms with E-state index in [0.29, 0.717) is 12.6 Å². The van der Waals surface area contributed by atoms with Gasteiger partial charge in [0.15, 0.2) is 5.96 Å². The standard InChI is InChI=1S/C21H35N3O2.HI/c1-17-11-12-18(20(15-17)26-19-9-5-6-10-19)16-24-21(22-2)23-13-7-4-8-14-25-3;/h11-12,15,19H,4-10,13-14,16H2,1-3H3,(H2,22,23,24);1H. The molecule has 5 nitrogen and oxygen atoms in total. The molecule has 0 radical (unpaired) electrons. The number of hydrogen-bond acceptors (Lipinski definition) is 3. The maximum absolute atomic E-state index is 6.28. The van der Waals surface area contributed by atoms with Gasteiger partial charge in [-0.1, -0.05) is 12.1 Å². The number of hydrogen-bond donors (Lipinski definition) is 2. The molecule has 0 saturated heterocycles. The van der Waals surface area contributed by atoms with E-state index in [1.54, 1.807) is 7.11 Å². The van der Waals surface area contributed by atoms with Gasteiger partial charge < -0.3 is 20.1 Å². The molecule has 1 aliphatic carbocycles. The molecule has 2 rings (SSSR count). The first-order chi connectivity index (χ1) is 12.7. The van der Waals surface area contributed by atoms with Gasteiger partial charge in [-0.05, 0) is 63.5 Å². The molecular weight excluding hydrogens is 453 g/mol. The lowest BCUT2D eigenvalue weighted by Gasteiger charge is -2.18. The fourth-order valence-electron chi connectivity index (χ4n) is 3.26. The lowest BCUT2D eigenvalue weighted by Crippen LogP contribution is -2.37. The number of nitrogens with one attached hydrogen (secondary N) is 2. The molecule has 0 bridgehead atoms. The Morgan fingerprint density at radius 2 is 1.93 bits per heavy atom. The molecule has 2 N–H and O–H groups in total. The van der Waals surface area contributed by atoms with Crippen LogP contribution in [0.3, 0.4) is 0 Å². The smallest absolute Gasteiger partial charge is 0.191 e. The molecule has 1 aromatic rings. The van der Waals surface area contributed by atoms with Crippen LogP contribution in [0.15, 0.2) is 23.2 Å². The summed E-state index contributed by atoms with van der Waals surface area (Å²) >= 11 is 0. The monoisotopic (exact) mass is 489 g/mol. The highest BCUT2D eigenvalue weighted by Crippen LogP contribution is 2.27. The van der Waals surface area contributed by atoms with Crippen molar-refractivity contribution in [1.82, 2.24) is 10.6 Å². The van der Waals surface area contributed by atoms with Crippen molar-refractivity contribution in [2.45, 2.75) is 64.5 Å². The number of nitrogens with zero attached hydrogens (tertiary/aromatic N) is 1. The molecule has 27 heavy (non-hydrogen) atoms. The van der Waals surface area contributed by atoms with E-state index in [1.165, 1.54) is 36.8 Å². The van der Waals surface area contributed by atoms with Crippen LogP contribution >= 0.6 is 24.0 Å². The third-order valence-electron chi connectivity index (χ3n) is 4.81. The first-order valence-electron chi connectivity index (χ1n) is 9.92. The normalized spacial score (nSPS) is 14.7. The van der Waals surface area contributed by atoms with Crippen LogP contribution in [0.4, 0.5) is 0 Å². The Morgan fingerprint density at radius 1 is 1.15 bits per heavy atom. The van der Waals surface area contributed by atoms with Gasteiger partial charge in [-0.25, -0.2) is 0 Å². The second-order valence-corrected chi connectivity index (χ2v) is 7.04. The molecule has 6 heteroatoms. The van der Waals surface area contributed by atoms with Gasteiger partial charge in [-0.15, -0.1) is 24.0 Å². The zero-order valence-corrected chi connectivity index (χ0v) is 19.4. The maximum atomic E-state index is 6.28. The first-order valence-corrected chi connectivity index (χ1v) is 9.92. The summed E-state index contributed by atoms with van der Waals surface area (Å²) in [7, 11) is 3.56. The number of ether oxygens (including phenoxy) is 2. The summed E-state index contributed by atoms with van der Waals surface area (Å²) in [5, 5.41) is 6.78. The highest BCUT2D eigenvalue weighted by Gasteiger charge is 2.18. The number of methoxy groups -OCH3 is 1. The molecule has 1 aliphatic rings. The van der Waals surface area contributed by atoms with Crippen molar-refractivity contribution in [3.8, 4) is 5.75 Å². The summed E-state index contributed by atoms with van der Waals surface area (Å²) in [6.07, 6.45) is 8.67. The Morgan fingerprint density at radius 3 is 2.63 bits per heavy atom. The Hall–Kier alpha value is -1.02. The average molecular weight is 489 g/mol. The van der Waals surface area contributed by atoms with Crippen molar-refractivity contribution in [2.24, 2.45) is 4.99 Å². The summed E-state index contributed by atoms with van der Waals surface area (Å²) in [5.74, 6) is 1.85. The third-order valence-corrected chi connectivity index (χ3v) is 4.81. The minimum Gasteiger partial charge on any atom is -0.490 e. The van der Waals surface area contributed by atoms with Gasteiger partial charge in [0.2, 0.25) is 0 Å². The number of guanidine groups is 1. The molecule has 0 aromatic heterocycles. The first kappa shape index (κ1) is 24.0. The van der Waals surface area contributed by atoms with Gasteiger partial charge in [-0.2, -0.15) is 0 Å². The molecule has 0 spiro atoms. The summed E-state index contributed by atoms with van der Waals surface area (Å²) in [5.41, 5.74) is 2.42. The van der Waals surface area contributed by atoms with Gasteiger partial charge in [0.25, 0.3) is 0 Å². The number of benzene rings is 1. The van der Waals surface area contributed by atoms with Crippen LogP contribution in [0, 0.1) is 6.92 Å². The number of unbranched alkanes of at least 4 members (excludes halogenated alkanes) is 2. The van der Waals surface area contributed by atoms with Crippen LogP contribution in [-0.4, -0.2) is 39.4 Å². The van der Waals surface area contributed by atoms with E-state index in [4.69, 9.17) is 9.47 Å². The van der Waals surface area contributed by atoms with Crippen molar-refractivity contribution in [3.63, 3.8) is 0 Å². The van der Waals surface area contributed by atoms with E-state index in [0.717, 1.165) is 44.1 Å². The Bertz CT molecular complexity index is 560. The second-order valence-electron chi connectivity index (χ2n) is 7.04. The summed E-state index contributed by atoms with van der Waals surface area (Å²) in [4.78, 5) is 4.32. The number of rotatable bonds is 10. The number of aryl methyl sites for hydroxylation is 1. The van der Waals surface area contributed by atoms with Gasteiger partial charge in [0, 0.05) is 39.4 Å². The van der Waals surface area contributed by atoms with Gasteiger partial charge >= 0.3 is 0 Å². The Labute approximate surface area is 181 Å². The van der Waals surface area contributed by atoms with Crippen LogP contribution in [0.5, 0.6) is 5.75 Å². The zero-order valence-electron chi connectivity index (χ0n) is 17.1. The van der Waals surface area contributed by atoms with Gasteiger partial charge in [0.05, 0.1) is 6.10 Å². The minimum atomic E-state index is 0. The fraction of sp³-hybridized carbons (Fsp3) is 0.667. The predicted molar refractivity (Wildman–Crippen MR) is 123 cm³/mol. The predicted octanol–water partition coefficient (Wildman–Crippen LogP) is 4.42. The van der Waals surface area contributed by atoms with Crippen LogP contribution in [0.25, 0.3) is 0 Å². The van der Waals surface area contributed by atoms with E-state index in [1.807, 2.05) is 7.05 Å². The molecule has 0 aliphatic heterocycles. The maximum Gasteiger partial charge on any atom is 0.191 e. The van der Waals surface area contributed by atoms with E-state index < -0.39 is 0 Å². The van der Waals surface area contributed by atoms with Crippen LogP contribution in [0.1, 0.15) is 56.1 Å². The fourth-order valence-corrected chi connectivity index (χ4v) is 3.26. The molecule has 0 heterocycles. The number of halogens is 1. The van der Waals surface area contributed by atoms with Crippen LogP contribution in [0.2, 0.25) is 0 Å². The van der Waals surface area contributed by atoms with Crippen LogP contribution < -0.4 is 15.4 Å². The minimum absolute atomic E-state index is 0. The summed E-state index contributed by atoms with van der Waals surface area (Å²) in [6.45, 7) is 4.58. The SMILES string of the molecule is CN=C(NCCCCCOC)NCc1ccc(C)cc1OC1CCCC1.I. The Balaban J connectivity index is 0.00000364. The molecular formula is C21H36IN3O2. The van der Waals surface area contributed by atoms with E-state index in [2.05, 4.69) is 40.7 Å². The zero-order chi connectivity index (χ0) is 18.6. The van der Waals surface area contributed by atoms with E-state index in [-0.39, 0.29) is 24.0 Å². The van der Waals surface area contributed by atoms with Crippen molar-refractivity contribution in [3.05, 3.63) is 29.3 Å². The molecule has 0 amide bonds. The van der Waals surface area contributed by atoms with Crippen molar-refractivity contribution in [1.29, 1.82) is 0 Å². The highest BCUT2D eigenvalue weighted by molar-refractivity contribution is 14.0. The second kappa shape index (κ2) is 14.0. The molecule has 1 fully saturated rings. The molecule has 0 unspecified atom stereocenters.